The van der Waals surface area contributed by atoms with Gasteiger partial charge in [0.05, 0.1) is 18.8 Å². The largest absolute Gasteiger partial charge is 0.496 e. The number of ether oxygens (including phenoxy) is 2. The van der Waals surface area contributed by atoms with Gasteiger partial charge < -0.3 is 14.8 Å². The van der Waals surface area contributed by atoms with Crippen molar-refractivity contribution >= 4 is 0 Å². The molecule has 1 aliphatic rings. The summed E-state index contributed by atoms with van der Waals surface area (Å²) in [5.41, 5.74) is 3.66. The smallest absolute Gasteiger partial charge is 0.122 e. The molecule has 1 aliphatic heterocycles. The number of aryl methyl sites for hydroxylation is 2. The van der Waals surface area contributed by atoms with Gasteiger partial charge in [-0.1, -0.05) is 13.0 Å². The summed E-state index contributed by atoms with van der Waals surface area (Å²) in [4.78, 5) is 0. The summed E-state index contributed by atoms with van der Waals surface area (Å²) in [5.74, 6) is 0.957. The van der Waals surface area contributed by atoms with E-state index in [1.807, 2.05) is 0 Å². The van der Waals surface area contributed by atoms with Crippen LogP contribution in [-0.2, 0) is 4.74 Å². The highest BCUT2D eigenvalue weighted by atomic mass is 16.5. The van der Waals surface area contributed by atoms with Crippen molar-refractivity contribution < 1.29 is 9.47 Å². The Balaban J connectivity index is 2.41. The molecule has 0 bridgehead atoms. The van der Waals surface area contributed by atoms with Crippen molar-refractivity contribution in [1.82, 2.24) is 5.32 Å². The van der Waals surface area contributed by atoms with Crippen LogP contribution in [0.5, 0.6) is 5.75 Å². The predicted molar refractivity (Wildman–Crippen MR) is 82.5 cm³/mol. The lowest BCUT2D eigenvalue weighted by Crippen LogP contribution is -2.41. The second-order valence-corrected chi connectivity index (χ2v) is 5.93. The summed E-state index contributed by atoms with van der Waals surface area (Å²) in [6.07, 6.45) is 2.25. The Morgan fingerprint density at radius 3 is 2.65 bits per heavy atom. The molecule has 0 aromatic heterocycles. The number of methoxy groups -OCH3 is 1. The lowest BCUT2D eigenvalue weighted by molar-refractivity contribution is -0.0122. The zero-order chi connectivity index (χ0) is 14.8. The minimum Gasteiger partial charge on any atom is -0.496 e. The standard InChI is InChI=1S/C17H27NO2/c1-6-18-16(17(4)8-7-9-20-17)14-10-13(3)15(19-5)11-12(14)2/h10-11,16,18H,6-9H2,1-5H3. The van der Waals surface area contributed by atoms with Crippen LogP contribution >= 0.6 is 0 Å². The monoisotopic (exact) mass is 277 g/mol. The minimum absolute atomic E-state index is 0.109. The summed E-state index contributed by atoms with van der Waals surface area (Å²) in [5, 5.41) is 3.62. The van der Waals surface area contributed by atoms with E-state index in [0.29, 0.717) is 0 Å². The summed E-state index contributed by atoms with van der Waals surface area (Å²) >= 11 is 0. The second-order valence-electron chi connectivity index (χ2n) is 5.93. The van der Waals surface area contributed by atoms with Crippen LogP contribution in [0.15, 0.2) is 12.1 Å². The molecule has 0 aliphatic carbocycles. The Labute approximate surface area is 122 Å². The highest BCUT2D eigenvalue weighted by Gasteiger charge is 2.39. The molecule has 20 heavy (non-hydrogen) atoms. The van der Waals surface area contributed by atoms with Crippen molar-refractivity contribution in [2.75, 3.05) is 20.3 Å². The Kier molecular flexibility index (Phi) is 4.71. The van der Waals surface area contributed by atoms with E-state index in [9.17, 15) is 0 Å². The molecule has 0 amide bonds. The summed E-state index contributed by atoms with van der Waals surface area (Å²) < 4.78 is 11.5. The molecule has 1 saturated heterocycles. The number of likely N-dealkylation sites (N-methyl/N-ethyl adjacent to an activating group) is 1. The van der Waals surface area contributed by atoms with Crippen molar-refractivity contribution in [2.24, 2.45) is 0 Å². The first-order valence-electron chi connectivity index (χ1n) is 7.54. The third kappa shape index (κ3) is 2.84. The van der Waals surface area contributed by atoms with E-state index >= 15 is 0 Å². The quantitative estimate of drug-likeness (QED) is 0.893. The van der Waals surface area contributed by atoms with Gasteiger partial charge in [0, 0.05) is 6.61 Å². The summed E-state index contributed by atoms with van der Waals surface area (Å²) in [7, 11) is 1.73. The average molecular weight is 277 g/mol. The highest BCUT2D eigenvalue weighted by Crippen LogP contribution is 2.39. The minimum atomic E-state index is -0.109. The van der Waals surface area contributed by atoms with Gasteiger partial charge in [0.2, 0.25) is 0 Å². The number of benzene rings is 1. The third-order valence-corrected chi connectivity index (χ3v) is 4.36. The van der Waals surface area contributed by atoms with Crippen LogP contribution in [0.2, 0.25) is 0 Å². The van der Waals surface area contributed by atoms with E-state index in [0.717, 1.165) is 31.7 Å². The summed E-state index contributed by atoms with van der Waals surface area (Å²) in [6.45, 7) is 10.4. The van der Waals surface area contributed by atoms with Crippen molar-refractivity contribution in [3.8, 4) is 5.75 Å². The van der Waals surface area contributed by atoms with E-state index in [1.165, 1.54) is 16.7 Å². The molecule has 1 N–H and O–H groups in total. The molecule has 2 rings (SSSR count). The first kappa shape index (κ1) is 15.3. The van der Waals surface area contributed by atoms with Gasteiger partial charge in [0.25, 0.3) is 0 Å². The Bertz CT molecular complexity index is 464. The number of hydrogen-bond acceptors (Lipinski definition) is 3. The predicted octanol–water partition coefficient (Wildman–Crippen LogP) is 3.53. The Morgan fingerprint density at radius 1 is 1.35 bits per heavy atom. The topological polar surface area (TPSA) is 30.5 Å². The van der Waals surface area contributed by atoms with Crippen molar-refractivity contribution in [3.63, 3.8) is 0 Å². The zero-order valence-corrected chi connectivity index (χ0v) is 13.4. The van der Waals surface area contributed by atoms with Gasteiger partial charge in [-0.25, -0.2) is 0 Å². The molecule has 3 nitrogen and oxygen atoms in total. The molecule has 0 saturated carbocycles. The fraction of sp³-hybridized carbons (Fsp3) is 0.647. The van der Waals surface area contributed by atoms with Crippen molar-refractivity contribution in [2.45, 2.75) is 52.2 Å². The molecule has 1 aromatic rings. The van der Waals surface area contributed by atoms with Crippen LogP contribution in [0, 0.1) is 13.8 Å². The van der Waals surface area contributed by atoms with Gasteiger partial charge >= 0.3 is 0 Å². The van der Waals surface area contributed by atoms with E-state index < -0.39 is 0 Å². The van der Waals surface area contributed by atoms with Gasteiger partial charge in [-0.15, -0.1) is 0 Å². The van der Waals surface area contributed by atoms with Crippen LogP contribution in [0.1, 0.15) is 49.4 Å². The molecule has 1 aromatic carbocycles. The highest BCUT2D eigenvalue weighted by molar-refractivity contribution is 5.43. The normalized spacial score (nSPS) is 23.9. The van der Waals surface area contributed by atoms with Gasteiger partial charge in [-0.05, 0) is 62.9 Å². The lowest BCUT2D eigenvalue weighted by atomic mass is 9.85. The van der Waals surface area contributed by atoms with Gasteiger partial charge in [0.15, 0.2) is 0 Å². The maximum atomic E-state index is 6.07. The maximum absolute atomic E-state index is 6.07. The van der Waals surface area contributed by atoms with E-state index in [2.05, 4.69) is 45.1 Å². The Hall–Kier alpha value is -1.06. The van der Waals surface area contributed by atoms with Crippen LogP contribution in [0.3, 0.4) is 0 Å². The van der Waals surface area contributed by atoms with Gasteiger partial charge in [-0.2, -0.15) is 0 Å². The third-order valence-electron chi connectivity index (χ3n) is 4.36. The molecule has 3 heteroatoms. The molecule has 2 atom stereocenters. The van der Waals surface area contributed by atoms with Crippen LogP contribution in [-0.4, -0.2) is 25.9 Å². The molecule has 112 valence electrons. The molecular formula is C17H27NO2. The van der Waals surface area contributed by atoms with Crippen molar-refractivity contribution in [1.29, 1.82) is 0 Å². The maximum Gasteiger partial charge on any atom is 0.122 e. The molecular weight excluding hydrogens is 250 g/mol. The van der Waals surface area contributed by atoms with Gasteiger partial charge in [0.1, 0.15) is 5.75 Å². The van der Waals surface area contributed by atoms with Crippen molar-refractivity contribution in [3.05, 3.63) is 28.8 Å². The fourth-order valence-corrected chi connectivity index (χ4v) is 3.23. The summed E-state index contributed by atoms with van der Waals surface area (Å²) in [6, 6.07) is 4.61. The lowest BCUT2D eigenvalue weighted by Gasteiger charge is -2.35. The first-order valence-corrected chi connectivity index (χ1v) is 7.54. The zero-order valence-electron chi connectivity index (χ0n) is 13.4. The van der Waals surface area contributed by atoms with Gasteiger partial charge in [-0.3, -0.25) is 0 Å². The van der Waals surface area contributed by atoms with Crippen LogP contribution in [0.25, 0.3) is 0 Å². The fourth-order valence-electron chi connectivity index (χ4n) is 3.23. The number of nitrogens with one attached hydrogen (secondary N) is 1. The van der Waals surface area contributed by atoms with E-state index in [1.54, 1.807) is 7.11 Å². The first-order chi connectivity index (χ1) is 9.51. The van der Waals surface area contributed by atoms with Crippen LogP contribution < -0.4 is 10.1 Å². The second kappa shape index (κ2) is 6.15. The molecule has 2 unspecified atom stereocenters. The SMILES string of the molecule is CCNC(c1cc(C)c(OC)cc1C)C1(C)CCCO1. The van der Waals surface area contributed by atoms with Crippen LogP contribution in [0.4, 0.5) is 0 Å². The molecule has 1 heterocycles. The van der Waals surface area contributed by atoms with E-state index in [4.69, 9.17) is 9.47 Å². The average Bonchev–Trinajstić information content (AvgIpc) is 2.86. The molecule has 0 radical (unpaired) electrons. The molecule has 1 fully saturated rings. The molecule has 0 spiro atoms. The number of rotatable bonds is 5. The Morgan fingerprint density at radius 2 is 2.10 bits per heavy atom. The van der Waals surface area contributed by atoms with E-state index in [-0.39, 0.29) is 11.6 Å². The number of hydrogen-bond donors (Lipinski definition) is 1.